The number of amides is 1. The van der Waals surface area contributed by atoms with E-state index in [2.05, 4.69) is 11.6 Å². The number of anilines is 1. The van der Waals surface area contributed by atoms with Crippen LogP contribution < -0.4 is 4.72 Å². The van der Waals surface area contributed by atoms with Crippen LogP contribution in [0.4, 0.5) is 5.69 Å². The van der Waals surface area contributed by atoms with Crippen molar-refractivity contribution in [3.05, 3.63) is 45.7 Å². The second kappa shape index (κ2) is 8.03. The van der Waals surface area contributed by atoms with Gasteiger partial charge in [0, 0.05) is 36.5 Å². The maximum Gasteiger partial charge on any atom is 0.264 e. The zero-order valence-electron chi connectivity index (χ0n) is 17.5. The van der Waals surface area contributed by atoms with Crippen LogP contribution in [0.2, 0.25) is 5.02 Å². The Kier molecular flexibility index (Phi) is 6.01. The second-order valence-electron chi connectivity index (χ2n) is 7.93. The van der Waals surface area contributed by atoms with E-state index in [0.29, 0.717) is 46.7 Å². The van der Waals surface area contributed by atoms with E-state index in [9.17, 15) is 13.2 Å². The molecule has 1 aliphatic rings. The lowest BCUT2D eigenvalue weighted by Crippen LogP contribution is -2.38. The zero-order chi connectivity index (χ0) is 21.5. The number of nitrogens with one attached hydrogen (secondary N) is 1. The number of rotatable bonds is 4. The van der Waals surface area contributed by atoms with Crippen molar-refractivity contribution < 1.29 is 13.2 Å². The molecular formula is C21H28ClN3O3S. The number of hydrogen-bond donors (Lipinski definition) is 1. The summed E-state index contributed by atoms with van der Waals surface area (Å²) in [6, 6.07) is 5.06. The van der Waals surface area contributed by atoms with E-state index in [-0.39, 0.29) is 16.4 Å². The maximum absolute atomic E-state index is 13.4. The van der Waals surface area contributed by atoms with Crippen molar-refractivity contribution in [2.75, 3.05) is 17.8 Å². The Balaban J connectivity index is 2.06. The van der Waals surface area contributed by atoms with E-state index < -0.39 is 10.0 Å². The van der Waals surface area contributed by atoms with E-state index >= 15 is 0 Å². The van der Waals surface area contributed by atoms with Crippen molar-refractivity contribution >= 4 is 33.2 Å². The van der Waals surface area contributed by atoms with Gasteiger partial charge in [-0.05, 0) is 57.2 Å². The Morgan fingerprint density at radius 1 is 1.14 bits per heavy atom. The number of likely N-dealkylation sites (tertiary alicyclic amines) is 1. The summed E-state index contributed by atoms with van der Waals surface area (Å²) >= 11 is 6.14. The van der Waals surface area contributed by atoms with Crippen LogP contribution in [-0.2, 0) is 17.1 Å². The molecule has 0 saturated carbocycles. The number of nitrogens with zero attached hydrogens (tertiary/aromatic N) is 2. The highest BCUT2D eigenvalue weighted by Crippen LogP contribution is 2.32. The molecular weight excluding hydrogens is 410 g/mol. The van der Waals surface area contributed by atoms with Gasteiger partial charge in [0.2, 0.25) is 0 Å². The Hall–Kier alpha value is -1.99. The van der Waals surface area contributed by atoms with Gasteiger partial charge in [0.15, 0.2) is 0 Å². The molecule has 158 valence electrons. The monoisotopic (exact) mass is 437 g/mol. The van der Waals surface area contributed by atoms with Gasteiger partial charge < -0.3 is 9.47 Å². The van der Waals surface area contributed by atoms with Gasteiger partial charge in [0.05, 0.1) is 11.3 Å². The van der Waals surface area contributed by atoms with Gasteiger partial charge in [0.1, 0.15) is 4.90 Å². The van der Waals surface area contributed by atoms with E-state index in [4.69, 9.17) is 11.6 Å². The Labute approximate surface area is 177 Å². The highest BCUT2D eigenvalue weighted by Gasteiger charge is 2.34. The number of piperidine rings is 1. The molecule has 0 atom stereocenters. The molecule has 0 radical (unpaired) electrons. The van der Waals surface area contributed by atoms with Gasteiger partial charge in [-0.1, -0.05) is 24.6 Å². The van der Waals surface area contributed by atoms with Crippen LogP contribution in [0, 0.1) is 26.7 Å². The molecule has 29 heavy (non-hydrogen) atoms. The van der Waals surface area contributed by atoms with Crippen LogP contribution in [-0.4, -0.2) is 36.9 Å². The summed E-state index contributed by atoms with van der Waals surface area (Å²) in [6.07, 6.45) is 1.86. The summed E-state index contributed by atoms with van der Waals surface area (Å²) in [6.45, 7) is 8.73. The number of carbonyl (C=O) groups excluding carboxylic acids is 1. The van der Waals surface area contributed by atoms with Gasteiger partial charge >= 0.3 is 0 Å². The first kappa shape index (κ1) is 21.7. The van der Waals surface area contributed by atoms with Crippen molar-refractivity contribution in [3.63, 3.8) is 0 Å². The fraction of sp³-hybridized carbons (Fsp3) is 0.476. The fourth-order valence-corrected chi connectivity index (χ4v) is 5.60. The number of hydrogen-bond acceptors (Lipinski definition) is 3. The van der Waals surface area contributed by atoms with Crippen LogP contribution in [0.5, 0.6) is 0 Å². The summed E-state index contributed by atoms with van der Waals surface area (Å²) in [4.78, 5) is 15.1. The largest absolute Gasteiger partial charge is 0.350 e. The summed E-state index contributed by atoms with van der Waals surface area (Å²) in [5.41, 5.74) is 2.48. The Morgan fingerprint density at radius 3 is 2.38 bits per heavy atom. The standard InChI is InChI=1S/C21H28ClN3O3S/c1-13-9-11-25(12-10-13)21(26)19-15(3)24(5)16(4)20(19)29(27,28)23-18-8-6-7-17(22)14(18)2/h6-8,13,23H,9-12H2,1-5H3. The van der Waals surface area contributed by atoms with Crippen molar-refractivity contribution in [3.8, 4) is 0 Å². The number of halogens is 1. The van der Waals surface area contributed by atoms with Gasteiger partial charge in [-0.3, -0.25) is 9.52 Å². The first-order valence-electron chi connectivity index (χ1n) is 9.77. The molecule has 1 aliphatic heterocycles. The average Bonchev–Trinajstić information content (AvgIpc) is 2.90. The predicted molar refractivity (Wildman–Crippen MR) is 116 cm³/mol. The SMILES string of the molecule is Cc1c(Cl)cccc1NS(=O)(=O)c1c(C(=O)N2CCC(C)CC2)c(C)n(C)c1C. The molecule has 1 saturated heterocycles. The number of carbonyl (C=O) groups is 1. The molecule has 1 fully saturated rings. The number of sulfonamides is 1. The van der Waals surface area contributed by atoms with Crippen molar-refractivity contribution in [1.29, 1.82) is 0 Å². The average molecular weight is 438 g/mol. The minimum atomic E-state index is -3.99. The number of aromatic nitrogens is 1. The van der Waals surface area contributed by atoms with Gasteiger partial charge in [-0.25, -0.2) is 8.42 Å². The lowest BCUT2D eigenvalue weighted by Gasteiger charge is -2.30. The molecule has 2 heterocycles. The van der Waals surface area contributed by atoms with E-state index in [1.54, 1.807) is 55.5 Å². The lowest BCUT2D eigenvalue weighted by molar-refractivity contribution is 0.0692. The van der Waals surface area contributed by atoms with Crippen molar-refractivity contribution in [2.24, 2.45) is 13.0 Å². The molecule has 1 aromatic carbocycles. The molecule has 8 heteroatoms. The second-order valence-corrected chi connectivity index (χ2v) is 9.95. The van der Waals surface area contributed by atoms with Crippen LogP contribution in [0.3, 0.4) is 0 Å². The Morgan fingerprint density at radius 2 is 1.76 bits per heavy atom. The third kappa shape index (κ3) is 4.03. The maximum atomic E-state index is 13.4. The topological polar surface area (TPSA) is 71.4 Å². The highest BCUT2D eigenvalue weighted by atomic mass is 35.5. The van der Waals surface area contributed by atoms with Crippen LogP contribution >= 0.6 is 11.6 Å². The highest BCUT2D eigenvalue weighted by molar-refractivity contribution is 7.92. The van der Waals surface area contributed by atoms with Gasteiger partial charge in [-0.2, -0.15) is 0 Å². The summed E-state index contributed by atoms with van der Waals surface area (Å²) in [5.74, 6) is 0.356. The van der Waals surface area contributed by atoms with Gasteiger partial charge in [0.25, 0.3) is 15.9 Å². The van der Waals surface area contributed by atoms with Crippen molar-refractivity contribution in [1.82, 2.24) is 9.47 Å². The molecule has 2 aromatic rings. The predicted octanol–water partition coefficient (Wildman–Crippen LogP) is 4.28. The van der Waals surface area contributed by atoms with Gasteiger partial charge in [-0.15, -0.1) is 0 Å². The molecule has 3 rings (SSSR count). The molecule has 1 aromatic heterocycles. The molecule has 1 amide bonds. The Bertz CT molecular complexity index is 1050. The van der Waals surface area contributed by atoms with E-state index in [1.165, 1.54) is 0 Å². The third-order valence-electron chi connectivity index (χ3n) is 5.99. The first-order valence-corrected chi connectivity index (χ1v) is 11.6. The normalized spacial score (nSPS) is 15.6. The first-order chi connectivity index (χ1) is 13.5. The van der Waals surface area contributed by atoms with Crippen LogP contribution in [0.25, 0.3) is 0 Å². The summed E-state index contributed by atoms with van der Waals surface area (Å²) in [7, 11) is -2.21. The van der Waals surface area contributed by atoms with E-state index in [1.807, 2.05) is 0 Å². The smallest absolute Gasteiger partial charge is 0.264 e. The van der Waals surface area contributed by atoms with Crippen molar-refractivity contribution in [2.45, 2.75) is 45.4 Å². The van der Waals surface area contributed by atoms with Crippen LogP contribution in [0.15, 0.2) is 23.1 Å². The lowest BCUT2D eigenvalue weighted by atomic mass is 9.98. The molecule has 0 aliphatic carbocycles. The van der Waals surface area contributed by atoms with E-state index in [0.717, 1.165) is 12.8 Å². The van der Waals surface area contributed by atoms with Crippen LogP contribution in [0.1, 0.15) is 47.1 Å². The minimum absolute atomic E-state index is 0.0421. The third-order valence-corrected chi connectivity index (χ3v) is 7.92. The number of benzene rings is 1. The summed E-state index contributed by atoms with van der Waals surface area (Å²) in [5, 5.41) is 0.477. The fourth-order valence-electron chi connectivity index (χ4n) is 3.78. The summed E-state index contributed by atoms with van der Waals surface area (Å²) < 4.78 is 31.1. The zero-order valence-corrected chi connectivity index (χ0v) is 19.1. The molecule has 1 N–H and O–H groups in total. The minimum Gasteiger partial charge on any atom is -0.350 e. The molecule has 0 bridgehead atoms. The molecule has 0 unspecified atom stereocenters. The quantitative estimate of drug-likeness (QED) is 0.776. The molecule has 6 nitrogen and oxygen atoms in total. The molecule has 0 spiro atoms.